The van der Waals surface area contributed by atoms with Gasteiger partial charge in [0.05, 0.1) is 7.11 Å². The van der Waals surface area contributed by atoms with Gasteiger partial charge in [0, 0.05) is 22.3 Å². The molecule has 0 aliphatic carbocycles. The molecule has 0 saturated carbocycles. The van der Waals surface area contributed by atoms with E-state index in [1.54, 1.807) is 0 Å². The number of hydrogen-bond donors (Lipinski definition) is 1. The Bertz CT molecular complexity index is 751. The van der Waals surface area contributed by atoms with Gasteiger partial charge in [0.15, 0.2) is 0 Å². The molecule has 0 fully saturated rings. The predicted octanol–water partition coefficient (Wildman–Crippen LogP) is 2.79. The largest absolute Gasteiger partial charge is 0.467 e. The number of esters is 1. The zero-order chi connectivity index (χ0) is 19.5. The number of carbonyl (C=O) groups is 2. The first-order chi connectivity index (χ1) is 13.1. The lowest BCUT2D eigenvalue weighted by Gasteiger charge is -2.16. The number of carbonyl (C=O) groups excluding carboxylic acids is 2. The highest BCUT2D eigenvalue weighted by atomic mass is 32.2. The Morgan fingerprint density at radius 1 is 1.00 bits per heavy atom. The number of ether oxygens (including phenoxy) is 2. The summed E-state index contributed by atoms with van der Waals surface area (Å²) in [4.78, 5) is 23.9. The van der Waals surface area contributed by atoms with Crippen molar-refractivity contribution in [2.75, 3.05) is 12.9 Å². The molecule has 6 nitrogen and oxygen atoms in total. The average Bonchev–Trinajstić information content (AvgIpc) is 2.70. The number of rotatable bonds is 9. The zero-order valence-corrected chi connectivity index (χ0v) is 15.9. The lowest BCUT2D eigenvalue weighted by atomic mass is 10.2. The number of benzene rings is 2. The molecular formula is C20H23NO5S. The molecule has 7 heteroatoms. The van der Waals surface area contributed by atoms with E-state index in [1.165, 1.54) is 7.11 Å². The number of nitrogens with one attached hydrogen (secondary N) is 1. The SMILES string of the molecule is COC(=O)[C@H](CCS(=O)Cc1ccccc1)NC(=O)OCc1ccccc1. The Morgan fingerprint density at radius 2 is 1.59 bits per heavy atom. The molecule has 0 radical (unpaired) electrons. The standard InChI is InChI=1S/C20H23NO5S/c1-25-19(22)18(12-13-27(24)15-17-10-6-3-7-11-17)21-20(23)26-14-16-8-4-2-5-9-16/h2-11,18H,12-15H2,1H3,(H,21,23)/t18-,27?/m0/s1. The first-order valence-corrected chi connectivity index (χ1v) is 10.0. The smallest absolute Gasteiger partial charge is 0.408 e. The van der Waals surface area contributed by atoms with E-state index >= 15 is 0 Å². The fourth-order valence-electron chi connectivity index (χ4n) is 2.38. The van der Waals surface area contributed by atoms with Crippen LogP contribution in [0.5, 0.6) is 0 Å². The Morgan fingerprint density at radius 3 is 2.19 bits per heavy atom. The summed E-state index contributed by atoms with van der Waals surface area (Å²) in [7, 11) is 0.0850. The van der Waals surface area contributed by atoms with Crippen molar-refractivity contribution in [2.45, 2.75) is 24.8 Å². The topological polar surface area (TPSA) is 81.7 Å². The van der Waals surface area contributed by atoms with E-state index in [-0.39, 0.29) is 18.8 Å². The molecule has 1 unspecified atom stereocenters. The van der Waals surface area contributed by atoms with Crippen LogP contribution in [0.2, 0.25) is 0 Å². The summed E-state index contributed by atoms with van der Waals surface area (Å²) in [5, 5.41) is 2.49. The highest BCUT2D eigenvalue weighted by Crippen LogP contribution is 2.07. The molecule has 0 bridgehead atoms. The lowest BCUT2D eigenvalue weighted by Crippen LogP contribution is -2.42. The summed E-state index contributed by atoms with van der Waals surface area (Å²) in [5.41, 5.74) is 1.80. The molecular weight excluding hydrogens is 366 g/mol. The maximum atomic E-state index is 12.2. The summed E-state index contributed by atoms with van der Waals surface area (Å²) >= 11 is 0. The third-order valence-electron chi connectivity index (χ3n) is 3.80. The van der Waals surface area contributed by atoms with Crippen LogP contribution < -0.4 is 5.32 Å². The van der Waals surface area contributed by atoms with Crippen LogP contribution in [-0.4, -0.2) is 35.2 Å². The third-order valence-corrected chi connectivity index (χ3v) is 5.14. The minimum absolute atomic E-state index is 0.0977. The van der Waals surface area contributed by atoms with Crippen molar-refractivity contribution in [1.29, 1.82) is 0 Å². The second kappa shape index (κ2) is 11.1. The Kier molecular flexibility index (Phi) is 8.51. The molecule has 27 heavy (non-hydrogen) atoms. The molecule has 144 valence electrons. The number of methoxy groups -OCH3 is 1. The van der Waals surface area contributed by atoms with E-state index in [9.17, 15) is 13.8 Å². The highest BCUT2D eigenvalue weighted by Gasteiger charge is 2.23. The fourth-order valence-corrected chi connectivity index (χ4v) is 3.59. The van der Waals surface area contributed by atoms with Crippen molar-refractivity contribution in [1.82, 2.24) is 5.32 Å². The third kappa shape index (κ3) is 7.62. The number of alkyl carbamates (subject to hydrolysis) is 1. The van der Waals surface area contributed by atoms with Crippen molar-refractivity contribution < 1.29 is 23.3 Å². The van der Waals surface area contributed by atoms with Crippen LogP contribution in [0.15, 0.2) is 60.7 Å². The van der Waals surface area contributed by atoms with Crippen LogP contribution in [0.25, 0.3) is 0 Å². The summed E-state index contributed by atoms with van der Waals surface area (Å²) in [6.07, 6.45) is -0.518. The zero-order valence-electron chi connectivity index (χ0n) is 15.1. The van der Waals surface area contributed by atoms with E-state index in [0.29, 0.717) is 5.75 Å². The number of amides is 1. The van der Waals surface area contributed by atoms with E-state index in [4.69, 9.17) is 9.47 Å². The predicted molar refractivity (Wildman–Crippen MR) is 103 cm³/mol. The molecule has 1 N–H and O–H groups in total. The molecule has 0 saturated heterocycles. The maximum Gasteiger partial charge on any atom is 0.408 e. The van der Waals surface area contributed by atoms with Crippen LogP contribution in [0.1, 0.15) is 17.5 Å². The van der Waals surface area contributed by atoms with Crippen LogP contribution in [0.3, 0.4) is 0 Å². The molecule has 1 amide bonds. The van der Waals surface area contributed by atoms with Gasteiger partial charge in [-0.2, -0.15) is 0 Å². The summed E-state index contributed by atoms with van der Waals surface area (Å²) in [6, 6.07) is 17.8. The van der Waals surface area contributed by atoms with E-state index < -0.39 is 28.9 Å². The quantitative estimate of drug-likeness (QED) is 0.667. The molecule has 0 spiro atoms. The molecule has 2 rings (SSSR count). The minimum atomic E-state index is -1.16. The van der Waals surface area contributed by atoms with E-state index in [1.807, 2.05) is 60.7 Å². The molecule has 0 heterocycles. The maximum absolute atomic E-state index is 12.2. The van der Waals surface area contributed by atoms with Gasteiger partial charge in [-0.25, -0.2) is 9.59 Å². The van der Waals surface area contributed by atoms with Crippen molar-refractivity contribution in [3.63, 3.8) is 0 Å². The molecule has 0 aliphatic rings. The minimum Gasteiger partial charge on any atom is -0.467 e. The van der Waals surface area contributed by atoms with E-state index in [0.717, 1.165) is 11.1 Å². The van der Waals surface area contributed by atoms with Crippen molar-refractivity contribution >= 4 is 22.9 Å². The summed E-state index contributed by atoms with van der Waals surface area (Å²) in [5.74, 6) is 0.0595. The lowest BCUT2D eigenvalue weighted by molar-refractivity contribution is -0.143. The van der Waals surface area contributed by atoms with E-state index in [2.05, 4.69) is 5.32 Å². The Hall–Kier alpha value is -2.67. The first-order valence-electron chi connectivity index (χ1n) is 8.52. The molecule has 0 aliphatic heterocycles. The summed E-state index contributed by atoms with van der Waals surface area (Å²) < 4.78 is 22.1. The van der Waals surface area contributed by atoms with Crippen molar-refractivity contribution in [3.05, 3.63) is 71.8 Å². The van der Waals surface area contributed by atoms with Gasteiger partial charge in [0.1, 0.15) is 12.6 Å². The second-order valence-corrected chi connectivity index (χ2v) is 7.42. The molecule has 2 aromatic carbocycles. The average molecular weight is 389 g/mol. The first kappa shape index (κ1) is 20.6. The van der Waals surface area contributed by atoms with Gasteiger partial charge in [-0.15, -0.1) is 0 Å². The molecule has 2 aromatic rings. The van der Waals surface area contributed by atoms with Crippen LogP contribution >= 0.6 is 0 Å². The molecule has 2 atom stereocenters. The van der Waals surface area contributed by atoms with Crippen molar-refractivity contribution in [3.8, 4) is 0 Å². The van der Waals surface area contributed by atoms with Gasteiger partial charge in [-0.1, -0.05) is 60.7 Å². The summed E-state index contributed by atoms with van der Waals surface area (Å²) in [6.45, 7) is 0.0977. The van der Waals surface area contributed by atoms with Gasteiger partial charge < -0.3 is 14.8 Å². The van der Waals surface area contributed by atoms with Crippen LogP contribution in [0.4, 0.5) is 4.79 Å². The van der Waals surface area contributed by atoms with Crippen LogP contribution in [0, 0.1) is 0 Å². The van der Waals surface area contributed by atoms with Crippen molar-refractivity contribution in [2.24, 2.45) is 0 Å². The number of hydrogen-bond acceptors (Lipinski definition) is 5. The van der Waals surface area contributed by atoms with Gasteiger partial charge >= 0.3 is 12.1 Å². The second-order valence-electron chi connectivity index (χ2n) is 5.84. The van der Waals surface area contributed by atoms with Gasteiger partial charge in [0.2, 0.25) is 0 Å². The monoisotopic (exact) mass is 389 g/mol. The normalized spacial score (nSPS) is 12.6. The Labute approximate surface area is 161 Å². The fraction of sp³-hybridized carbons (Fsp3) is 0.300. The van der Waals surface area contributed by atoms with Crippen LogP contribution in [-0.2, 0) is 37.4 Å². The Balaban J connectivity index is 1.82. The highest BCUT2D eigenvalue weighted by molar-refractivity contribution is 7.84. The molecule has 0 aromatic heterocycles. The van der Waals surface area contributed by atoms with Gasteiger partial charge in [-0.05, 0) is 17.5 Å². The van der Waals surface area contributed by atoms with Gasteiger partial charge in [-0.3, -0.25) is 4.21 Å². The van der Waals surface area contributed by atoms with Gasteiger partial charge in [0.25, 0.3) is 0 Å².